The largest absolute Gasteiger partial charge is 0.462 e. The number of allylic oxidation sites excluding steroid dienone is 10. The minimum Gasteiger partial charge on any atom is -0.462 e. The van der Waals surface area contributed by atoms with Crippen LogP contribution in [0.2, 0.25) is 0 Å². The molecule has 1 aliphatic rings. The van der Waals surface area contributed by atoms with Gasteiger partial charge in [0.15, 0.2) is 12.4 Å². The quantitative estimate of drug-likeness (QED) is 0.0157. The molecule has 0 radical (unpaired) electrons. The Morgan fingerprint density at radius 1 is 0.603 bits per heavy atom. The van der Waals surface area contributed by atoms with Gasteiger partial charge >= 0.3 is 11.9 Å². The van der Waals surface area contributed by atoms with Gasteiger partial charge in [0.25, 0.3) is 10.1 Å². The summed E-state index contributed by atoms with van der Waals surface area (Å²) in [6.07, 6.45) is 32.8. The predicted molar refractivity (Wildman–Crippen MR) is 229 cm³/mol. The van der Waals surface area contributed by atoms with Gasteiger partial charge in [0.05, 0.1) is 6.61 Å². The lowest BCUT2D eigenvalue weighted by molar-refractivity contribution is -0.297. The van der Waals surface area contributed by atoms with Crippen LogP contribution in [-0.2, 0) is 38.7 Å². The first-order valence-electron chi connectivity index (χ1n) is 21.9. The molecule has 4 N–H and O–H groups in total. The molecule has 1 saturated heterocycles. The van der Waals surface area contributed by atoms with Gasteiger partial charge in [-0.25, -0.2) is 0 Å². The highest BCUT2D eigenvalue weighted by Crippen LogP contribution is 2.24. The minimum atomic E-state index is -4.61. The van der Waals surface area contributed by atoms with Crippen LogP contribution in [0.25, 0.3) is 0 Å². The van der Waals surface area contributed by atoms with Crippen molar-refractivity contribution in [1.29, 1.82) is 0 Å². The highest BCUT2D eigenvalue weighted by atomic mass is 32.2. The number of carbonyl (C=O) groups excluding carboxylic acids is 2. The Labute approximate surface area is 349 Å². The summed E-state index contributed by atoms with van der Waals surface area (Å²) in [7, 11) is -4.61. The van der Waals surface area contributed by atoms with Gasteiger partial charge in [0, 0.05) is 12.8 Å². The summed E-state index contributed by atoms with van der Waals surface area (Å²) in [4.78, 5) is 25.3. The molecule has 0 spiro atoms. The van der Waals surface area contributed by atoms with Gasteiger partial charge in [-0.2, -0.15) is 8.42 Å². The molecule has 0 aromatic carbocycles. The minimum absolute atomic E-state index is 0.128. The summed E-state index contributed by atoms with van der Waals surface area (Å²) in [6.45, 7) is 3.55. The lowest BCUT2D eigenvalue weighted by Crippen LogP contribution is -2.60. The highest BCUT2D eigenvalue weighted by molar-refractivity contribution is 7.85. The summed E-state index contributed by atoms with van der Waals surface area (Å²) >= 11 is 0. The fraction of sp³-hybridized carbons (Fsp3) is 0.733. The Morgan fingerprint density at radius 3 is 1.74 bits per heavy atom. The average Bonchev–Trinajstić information content (AvgIpc) is 3.18. The molecule has 1 heterocycles. The van der Waals surface area contributed by atoms with E-state index in [9.17, 15) is 37.9 Å². The topological polar surface area (TPSA) is 186 Å². The molecule has 1 aliphatic heterocycles. The average molecular weight is 841 g/mol. The Kier molecular flexibility index (Phi) is 32.3. The van der Waals surface area contributed by atoms with Crippen LogP contribution in [0, 0.1) is 0 Å². The standard InChI is InChI=1S/C45H76O12S/c1-3-5-7-9-11-13-15-17-19-21-23-25-27-29-31-33-40(46)54-35-38(36-55-45-44(50)43(49)42(48)39(57-45)37-58(51,52)53)56-41(47)34-32-30-28-26-24-22-20-18-16-14-12-10-8-6-4-2/h6,8,10,12,14,16,18,20,27,29,38-39,42-45,48-50H,3-5,7,9,11,13,15,17,19,21-26,28,30-37H2,1-2H3,(H,51,52,53)/b8-6+,12-10+,16-14+,20-18+,29-27+/t38-,39-,42-,43?,44?,45+/m1/s1. The molecule has 334 valence electrons. The van der Waals surface area contributed by atoms with Gasteiger partial charge in [0.2, 0.25) is 0 Å². The van der Waals surface area contributed by atoms with Crippen molar-refractivity contribution in [2.24, 2.45) is 0 Å². The van der Waals surface area contributed by atoms with E-state index in [2.05, 4.69) is 32.1 Å². The summed E-state index contributed by atoms with van der Waals surface area (Å²) in [5.74, 6) is -2.08. The lowest BCUT2D eigenvalue weighted by atomic mass is 10.00. The molecule has 12 nitrogen and oxygen atoms in total. The van der Waals surface area contributed by atoms with Gasteiger partial charge in [-0.1, -0.05) is 158 Å². The van der Waals surface area contributed by atoms with Crippen molar-refractivity contribution in [3.8, 4) is 0 Å². The highest BCUT2D eigenvalue weighted by Gasteiger charge is 2.46. The van der Waals surface area contributed by atoms with Crippen LogP contribution in [-0.4, -0.2) is 96.0 Å². The van der Waals surface area contributed by atoms with Crippen LogP contribution in [0.5, 0.6) is 0 Å². The van der Waals surface area contributed by atoms with Crippen LogP contribution < -0.4 is 0 Å². The first-order chi connectivity index (χ1) is 28.0. The number of hydrogen-bond donors (Lipinski definition) is 4. The third-order valence-electron chi connectivity index (χ3n) is 9.69. The smallest absolute Gasteiger partial charge is 0.306 e. The molecule has 6 atom stereocenters. The molecular formula is C45H76O12S. The number of aliphatic hydroxyl groups excluding tert-OH is 3. The molecule has 1 rings (SSSR count). The van der Waals surface area contributed by atoms with E-state index in [1.54, 1.807) is 0 Å². The van der Waals surface area contributed by atoms with Crippen LogP contribution in [0.3, 0.4) is 0 Å². The molecule has 2 unspecified atom stereocenters. The van der Waals surface area contributed by atoms with Crippen molar-refractivity contribution in [3.63, 3.8) is 0 Å². The van der Waals surface area contributed by atoms with E-state index in [0.29, 0.717) is 12.8 Å². The molecule has 0 bridgehead atoms. The molecule has 0 saturated carbocycles. The van der Waals surface area contributed by atoms with E-state index in [1.807, 2.05) is 42.5 Å². The van der Waals surface area contributed by atoms with Gasteiger partial charge in [-0.15, -0.1) is 0 Å². The molecule has 0 amide bonds. The van der Waals surface area contributed by atoms with Crippen LogP contribution in [0.4, 0.5) is 0 Å². The monoisotopic (exact) mass is 841 g/mol. The zero-order chi connectivity index (χ0) is 42.7. The second-order valence-corrected chi connectivity index (χ2v) is 16.6. The van der Waals surface area contributed by atoms with E-state index >= 15 is 0 Å². The molecule has 0 aliphatic carbocycles. The third-order valence-corrected chi connectivity index (χ3v) is 10.4. The summed E-state index contributed by atoms with van der Waals surface area (Å²) in [5, 5.41) is 30.8. The van der Waals surface area contributed by atoms with Crippen molar-refractivity contribution in [3.05, 3.63) is 60.8 Å². The first-order valence-corrected chi connectivity index (χ1v) is 23.5. The zero-order valence-corrected chi connectivity index (χ0v) is 36.2. The van der Waals surface area contributed by atoms with Crippen molar-refractivity contribution in [2.45, 2.75) is 192 Å². The van der Waals surface area contributed by atoms with Crippen molar-refractivity contribution < 1.29 is 56.8 Å². The van der Waals surface area contributed by atoms with Gasteiger partial charge in [-0.3, -0.25) is 14.1 Å². The van der Waals surface area contributed by atoms with Crippen molar-refractivity contribution in [1.82, 2.24) is 0 Å². The number of ether oxygens (including phenoxy) is 4. The maximum atomic E-state index is 12.8. The maximum Gasteiger partial charge on any atom is 0.306 e. The Hall–Kier alpha value is -2.65. The van der Waals surface area contributed by atoms with E-state index in [4.69, 9.17) is 18.9 Å². The molecule has 0 aromatic heterocycles. The predicted octanol–water partition coefficient (Wildman–Crippen LogP) is 8.56. The fourth-order valence-corrected chi connectivity index (χ4v) is 6.98. The van der Waals surface area contributed by atoms with Crippen LogP contribution in [0.15, 0.2) is 60.8 Å². The molecule has 0 aromatic rings. The number of rotatable bonds is 35. The second-order valence-electron chi connectivity index (χ2n) is 15.1. The zero-order valence-electron chi connectivity index (χ0n) is 35.4. The molecule has 1 fully saturated rings. The number of unbranched alkanes of at least 4 members (excludes halogenated alkanes) is 16. The molecule has 13 heteroatoms. The maximum absolute atomic E-state index is 12.8. The summed E-state index contributed by atoms with van der Waals surface area (Å²) in [5.41, 5.74) is 0. The van der Waals surface area contributed by atoms with Crippen molar-refractivity contribution >= 4 is 22.1 Å². The Balaban J connectivity index is 2.51. The second kappa shape index (κ2) is 35.1. The molecular weight excluding hydrogens is 765 g/mol. The number of carbonyl (C=O) groups is 2. The number of esters is 2. The van der Waals surface area contributed by atoms with E-state index in [1.165, 1.54) is 64.2 Å². The van der Waals surface area contributed by atoms with E-state index < -0.39 is 71.2 Å². The fourth-order valence-electron chi connectivity index (χ4n) is 6.29. The van der Waals surface area contributed by atoms with Gasteiger partial charge in [-0.05, 0) is 44.9 Å². The van der Waals surface area contributed by atoms with Crippen LogP contribution >= 0.6 is 0 Å². The lowest BCUT2D eigenvalue weighted by Gasteiger charge is -2.40. The van der Waals surface area contributed by atoms with E-state index in [0.717, 1.165) is 51.4 Å². The number of hydrogen-bond acceptors (Lipinski definition) is 11. The SMILES string of the molecule is CC/C=C/C=C/C=C/C=C/CCCCCCCC(=O)O[C@H](COC(=O)CC/C=C/CCCCCCCCCCCCC)CO[C@H]1O[C@H](CS(=O)(=O)O)[C@@H](O)C(O)C1O. The van der Waals surface area contributed by atoms with Gasteiger partial charge in [0.1, 0.15) is 36.8 Å². The van der Waals surface area contributed by atoms with Crippen molar-refractivity contribution in [2.75, 3.05) is 19.0 Å². The third kappa shape index (κ3) is 29.5. The van der Waals surface area contributed by atoms with Crippen LogP contribution in [0.1, 0.15) is 155 Å². The van der Waals surface area contributed by atoms with E-state index in [-0.39, 0.29) is 19.4 Å². The number of aliphatic hydroxyl groups is 3. The Morgan fingerprint density at radius 2 is 1.14 bits per heavy atom. The summed E-state index contributed by atoms with van der Waals surface area (Å²) < 4.78 is 53.9. The first kappa shape index (κ1) is 53.4. The van der Waals surface area contributed by atoms with Gasteiger partial charge < -0.3 is 34.3 Å². The normalized spacial score (nSPS) is 21.0. The molecule has 58 heavy (non-hydrogen) atoms. The summed E-state index contributed by atoms with van der Waals surface area (Å²) in [6, 6.07) is 0. The Bertz CT molecular complexity index is 1310.